The molecule has 32 heavy (non-hydrogen) atoms. The lowest BCUT2D eigenvalue weighted by atomic mass is 10.1. The van der Waals surface area contributed by atoms with E-state index in [9.17, 15) is 27.6 Å². The highest BCUT2D eigenvalue weighted by molar-refractivity contribution is 8.18. The Morgan fingerprint density at radius 1 is 1.19 bits per heavy atom. The van der Waals surface area contributed by atoms with Crippen LogP contribution in [0.2, 0.25) is 0 Å². The van der Waals surface area contributed by atoms with Crippen LogP contribution in [-0.2, 0) is 26.9 Å². The summed E-state index contributed by atoms with van der Waals surface area (Å²) in [4.78, 5) is 34.6. The van der Waals surface area contributed by atoms with Gasteiger partial charge in [0.25, 0.3) is 11.1 Å². The number of nitrogens with two attached hydrogens (primary N) is 1. The molecule has 2 aromatic rings. The minimum Gasteiger partial charge on any atom is -0.468 e. The van der Waals surface area contributed by atoms with Crippen LogP contribution in [0.4, 0.5) is 18.0 Å². The van der Waals surface area contributed by atoms with Gasteiger partial charge < -0.3 is 15.2 Å². The van der Waals surface area contributed by atoms with Gasteiger partial charge in [0, 0.05) is 5.56 Å². The number of halogens is 3. The quantitative estimate of drug-likeness (QED) is 0.492. The predicted molar refractivity (Wildman–Crippen MR) is 111 cm³/mol. The molecule has 1 atom stereocenters. The van der Waals surface area contributed by atoms with E-state index < -0.39 is 34.9 Å². The van der Waals surface area contributed by atoms with Crippen molar-refractivity contribution in [2.75, 3.05) is 7.11 Å². The van der Waals surface area contributed by atoms with Crippen molar-refractivity contribution in [3.05, 3.63) is 64.1 Å². The molecule has 1 aliphatic rings. The summed E-state index contributed by atoms with van der Waals surface area (Å²) >= 11 is 0.639. The van der Waals surface area contributed by atoms with Crippen molar-refractivity contribution in [1.82, 2.24) is 5.32 Å². The van der Waals surface area contributed by atoms with Gasteiger partial charge in [-0.05, 0) is 54.1 Å². The third-order valence-corrected chi connectivity index (χ3v) is 5.19. The van der Waals surface area contributed by atoms with E-state index in [-0.39, 0.29) is 28.4 Å². The zero-order valence-corrected chi connectivity index (χ0v) is 17.4. The summed E-state index contributed by atoms with van der Waals surface area (Å²) in [6.07, 6.45) is -3.12. The Labute approximate surface area is 184 Å². The third kappa shape index (κ3) is 5.68. The molecule has 0 spiro atoms. The second kappa shape index (κ2) is 9.45. The number of benzene rings is 2. The molecule has 3 N–H and O–H groups in total. The molecule has 0 aromatic heterocycles. The van der Waals surface area contributed by atoms with Gasteiger partial charge in [0.05, 0.1) is 17.6 Å². The highest BCUT2D eigenvalue weighted by Gasteiger charge is 2.32. The fraction of sp³-hybridized carbons (Fsp3) is 0.190. The van der Waals surface area contributed by atoms with Gasteiger partial charge in [-0.25, -0.2) is 0 Å². The first-order chi connectivity index (χ1) is 15.1. The molecule has 0 radical (unpaired) electrons. The minimum atomic E-state index is -4.60. The Morgan fingerprint density at radius 3 is 2.44 bits per heavy atom. The number of imide groups is 1. The van der Waals surface area contributed by atoms with Crippen molar-refractivity contribution >= 4 is 35.0 Å². The summed E-state index contributed by atoms with van der Waals surface area (Å²) in [5.41, 5.74) is 5.66. The van der Waals surface area contributed by atoms with Crippen molar-refractivity contribution in [2.45, 2.75) is 18.6 Å². The standard InChI is InChI=1S/C21H17F3N2O5S/c1-30-19(28)15(25)8-11-2-6-14(7-3-11)31-16-10-13(21(22,23)24)5-4-12(16)9-17-18(27)26-20(29)32-17/h2-7,9-10,15H,8,25H2,1H3,(H,26,27,29)/b17-9-. The second-order valence-electron chi connectivity index (χ2n) is 6.68. The summed E-state index contributed by atoms with van der Waals surface area (Å²) in [5, 5.41) is 1.51. The van der Waals surface area contributed by atoms with Gasteiger partial charge in [0.15, 0.2) is 0 Å². The summed E-state index contributed by atoms with van der Waals surface area (Å²) in [7, 11) is 1.23. The maximum absolute atomic E-state index is 13.2. The lowest BCUT2D eigenvalue weighted by Crippen LogP contribution is -2.33. The summed E-state index contributed by atoms with van der Waals surface area (Å²) < 4.78 is 49.8. The molecule has 1 fully saturated rings. The molecule has 1 unspecified atom stereocenters. The number of methoxy groups -OCH3 is 1. The molecule has 0 aliphatic carbocycles. The average molecular weight is 466 g/mol. The Morgan fingerprint density at radius 2 is 1.88 bits per heavy atom. The Bertz CT molecular complexity index is 1080. The van der Waals surface area contributed by atoms with Gasteiger partial charge in [-0.3, -0.25) is 19.7 Å². The van der Waals surface area contributed by atoms with E-state index in [1.54, 1.807) is 12.1 Å². The number of carbonyl (C=O) groups is 3. The van der Waals surface area contributed by atoms with Crippen LogP contribution in [0.15, 0.2) is 47.4 Å². The first kappa shape index (κ1) is 23.4. The fourth-order valence-corrected chi connectivity index (χ4v) is 3.46. The molecular formula is C21H17F3N2O5S. The number of alkyl halides is 3. The van der Waals surface area contributed by atoms with Gasteiger partial charge in [-0.15, -0.1) is 0 Å². The van der Waals surface area contributed by atoms with Crippen molar-refractivity contribution in [2.24, 2.45) is 5.73 Å². The molecule has 1 aliphatic heterocycles. The highest BCUT2D eigenvalue weighted by atomic mass is 32.2. The number of hydrogen-bond acceptors (Lipinski definition) is 7. The van der Waals surface area contributed by atoms with Crippen LogP contribution in [0, 0.1) is 0 Å². The molecule has 1 saturated heterocycles. The Hall–Kier alpha value is -3.31. The molecule has 168 valence electrons. The first-order valence-electron chi connectivity index (χ1n) is 9.13. The van der Waals surface area contributed by atoms with Crippen LogP contribution < -0.4 is 15.8 Å². The maximum atomic E-state index is 13.2. The molecule has 0 saturated carbocycles. The maximum Gasteiger partial charge on any atom is 0.416 e. The number of ether oxygens (including phenoxy) is 2. The van der Waals surface area contributed by atoms with Crippen LogP contribution in [0.3, 0.4) is 0 Å². The van der Waals surface area contributed by atoms with E-state index in [1.807, 2.05) is 0 Å². The number of esters is 1. The summed E-state index contributed by atoms with van der Waals surface area (Å²) in [5.74, 6) is -1.14. The van der Waals surface area contributed by atoms with Crippen molar-refractivity contribution in [3.63, 3.8) is 0 Å². The number of thioether (sulfide) groups is 1. The van der Waals surface area contributed by atoms with Crippen molar-refractivity contribution < 1.29 is 37.0 Å². The summed E-state index contributed by atoms with van der Waals surface area (Å²) in [6, 6.07) is 8.22. The molecule has 0 bridgehead atoms. The van der Waals surface area contributed by atoms with Crippen LogP contribution >= 0.6 is 11.8 Å². The van der Waals surface area contributed by atoms with Crippen LogP contribution in [0.25, 0.3) is 6.08 Å². The fourth-order valence-electron chi connectivity index (χ4n) is 2.79. The third-order valence-electron chi connectivity index (χ3n) is 4.38. The minimum absolute atomic E-state index is 0.0340. The molecule has 1 heterocycles. The van der Waals surface area contributed by atoms with E-state index in [2.05, 4.69) is 10.1 Å². The van der Waals surface area contributed by atoms with E-state index >= 15 is 0 Å². The molecule has 7 nitrogen and oxygen atoms in total. The van der Waals surface area contributed by atoms with Gasteiger partial charge >= 0.3 is 12.1 Å². The lowest BCUT2D eigenvalue weighted by Gasteiger charge is -2.14. The van der Waals surface area contributed by atoms with E-state index in [1.165, 1.54) is 25.3 Å². The molecular weight excluding hydrogens is 449 g/mol. The van der Waals surface area contributed by atoms with Crippen LogP contribution in [0.1, 0.15) is 16.7 Å². The largest absolute Gasteiger partial charge is 0.468 e. The van der Waals surface area contributed by atoms with Crippen LogP contribution in [-0.4, -0.2) is 30.3 Å². The zero-order valence-electron chi connectivity index (χ0n) is 16.6. The highest BCUT2D eigenvalue weighted by Crippen LogP contribution is 2.37. The van der Waals surface area contributed by atoms with E-state index in [0.717, 1.165) is 18.2 Å². The van der Waals surface area contributed by atoms with Gasteiger partial charge in [0.1, 0.15) is 17.5 Å². The van der Waals surface area contributed by atoms with E-state index in [0.29, 0.717) is 17.3 Å². The SMILES string of the molecule is COC(=O)C(N)Cc1ccc(Oc2cc(C(F)(F)F)ccc2/C=C2\SC(=O)NC2=O)cc1. The monoisotopic (exact) mass is 466 g/mol. The average Bonchev–Trinajstić information content (AvgIpc) is 3.05. The number of hydrogen-bond donors (Lipinski definition) is 2. The number of nitrogens with one attached hydrogen (secondary N) is 1. The van der Waals surface area contributed by atoms with Crippen molar-refractivity contribution in [1.29, 1.82) is 0 Å². The normalized spacial score (nSPS) is 16.1. The smallest absolute Gasteiger partial charge is 0.416 e. The zero-order chi connectivity index (χ0) is 23.5. The lowest BCUT2D eigenvalue weighted by molar-refractivity contribution is -0.142. The topological polar surface area (TPSA) is 108 Å². The van der Waals surface area contributed by atoms with Gasteiger partial charge in [-0.2, -0.15) is 13.2 Å². The molecule has 2 aromatic carbocycles. The Balaban J connectivity index is 1.88. The summed E-state index contributed by atoms with van der Waals surface area (Å²) in [6.45, 7) is 0. The molecule has 11 heteroatoms. The van der Waals surface area contributed by atoms with Crippen LogP contribution in [0.5, 0.6) is 11.5 Å². The van der Waals surface area contributed by atoms with Gasteiger partial charge in [-0.1, -0.05) is 18.2 Å². The second-order valence-corrected chi connectivity index (χ2v) is 7.70. The number of carbonyl (C=O) groups excluding carboxylic acids is 3. The molecule has 3 rings (SSSR count). The van der Waals surface area contributed by atoms with Crippen molar-refractivity contribution in [3.8, 4) is 11.5 Å². The number of rotatable bonds is 6. The predicted octanol–water partition coefficient (Wildman–Crippen LogP) is 3.86. The van der Waals surface area contributed by atoms with Gasteiger partial charge in [0.2, 0.25) is 0 Å². The number of amides is 2. The van der Waals surface area contributed by atoms with E-state index in [4.69, 9.17) is 10.5 Å². The first-order valence-corrected chi connectivity index (χ1v) is 9.95. The Kier molecular flexibility index (Phi) is 6.90. The molecule has 2 amide bonds.